The van der Waals surface area contributed by atoms with Crippen molar-refractivity contribution in [3.05, 3.63) is 53.7 Å². The Morgan fingerprint density at radius 2 is 2.18 bits per heavy atom. The fourth-order valence-corrected chi connectivity index (χ4v) is 2.32. The van der Waals surface area contributed by atoms with E-state index in [1.54, 1.807) is 6.20 Å². The molecule has 1 aromatic carbocycles. The van der Waals surface area contributed by atoms with Crippen LogP contribution in [-0.4, -0.2) is 39.6 Å². The molecule has 1 amide bonds. The summed E-state index contributed by atoms with van der Waals surface area (Å²) in [7, 11) is 3.94. The average Bonchev–Trinajstić information content (AvgIpc) is 2.90. The highest BCUT2D eigenvalue weighted by Crippen LogP contribution is 2.16. The summed E-state index contributed by atoms with van der Waals surface area (Å²) in [6.45, 7) is 2.63. The molecule has 0 spiro atoms. The molecule has 1 N–H and O–H groups in total. The monoisotopic (exact) mass is 297 g/mol. The maximum Gasteiger partial charge on any atom is 0.275 e. The molecule has 1 aliphatic heterocycles. The van der Waals surface area contributed by atoms with E-state index in [1.165, 1.54) is 0 Å². The molecule has 0 bridgehead atoms. The van der Waals surface area contributed by atoms with E-state index in [-0.39, 0.29) is 5.91 Å². The number of anilines is 1. The average molecular weight is 297 g/mol. The smallest absolute Gasteiger partial charge is 0.275 e. The number of aromatic nitrogens is 2. The molecule has 1 aromatic heterocycles. The highest BCUT2D eigenvalue weighted by atomic mass is 16.1. The van der Waals surface area contributed by atoms with Gasteiger partial charge in [0.15, 0.2) is 0 Å². The second-order valence-corrected chi connectivity index (χ2v) is 5.52. The molecule has 0 atom stereocenters. The molecule has 2 aromatic rings. The first-order chi connectivity index (χ1) is 10.5. The molecule has 114 valence electrons. The first-order valence-electron chi connectivity index (χ1n) is 7.10. The third-order valence-corrected chi connectivity index (χ3v) is 3.52. The molecule has 0 aliphatic carbocycles. The van der Waals surface area contributed by atoms with Gasteiger partial charge in [-0.05, 0) is 30.7 Å². The predicted octanol–water partition coefficient (Wildman–Crippen LogP) is 2.16. The second-order valence-electron chi connectivity index (χ2n) is 5.52. The summed E-state index contributed by atoms with van der Waals surface area (Å²) in [4.78, 5) is 16.7. The maximum absolute atomic E-state index is 12.3. The Morgan fingerprint density at radius 1 is 1.36 bits per heavy atom. The van der Waals surface area contributed by atoms with Crippen LogP contribution in [0.3, 0.4) is 0 Å². The van der Waals surface area contributed by atoms with Gasteiger partial charge in [-0.25, -0.2) is 9.99 Å². The SMILES string of the molecule is Cc1cccc(NC(=O)c2cn3c(n2)C=CN(N(C)C)C3)c1. The molecule has 3 rings (SSSR count). The minimum Gasteiger partial charge on any atom is -0.321 e. The van der Waals surface area contributed by atoms with E-state index in [4.69, 9.17) is 0 Å². The lowest BCUT2D eigenvalue weighted by atomic mass is 10.2. The number of benzene rings is 1. The number of nitrogens with one attached hydrogen (secondary N) is 1. The first-order valence-corrected chi connectivity index (χ1v) is 7.10. The van der Waals surface area contributed by atoms with Crippen LogP contribution in [0, 0.1) is 6.92 Å². The van der Waals surface area contributed by atoms with Crippen molar-refractivity contribution in [3.63, 3.8) is 0 Å². The molecule has 2 heterocycles. The van der Waals surface area contributed by atoms with Crippen molar-refractivity contribution >= 4 is 17.7 Å². The highest BCUT2D eigenvalue weighted by molar-refractivity contribution is 6.03. The summed E-state index contributed by atoms with van der Waals surface area (Å²) in [5.41, 5.74) is 2.30. The zero-order chi connectivity index (χ0) is 15.7. The van der Waals surface area contributed by atoms with Crippen molar-refractivity contribution in [2.24, 2.45) is 0 Å². The number of hydrogen-bond donors (Lipinski definition) is 1. The summed E-state index contributed by atoms with van der Waals surface area (Å²) >= 11 is 0. The van der Waals surface area contributed by atoms with Gasteiger partial charge in [0.1, 0.15) is 18.2 Å². The maximum atomic E-state index is 12.3. The number of amides is 1. The van der Waals surface area contributed by atoms with Crippen LogP contribution in [0.5, 0.6) is 0 Å². The molecule has 22 heavy (non-hydrogen) atoms. The number of rotatable bonds is 3. The van der Waals surface area contributed by atoms with Crippen LogP contribution in [0.25, 0.3) is 6.08 Å². The van der Waals surface area contributed by atoms with Gasteiger partial charge in [0.2, 0.25) is 0 Å². The van der Waals surface area contributed by atoms with Crippen LogP contribution in [-0.2, 0) is 6.67 Å². The quantitative estimate of drug-likeness (QED) is 0.943. The topological polar surface area (TPSA) is 53.4 Å². The Labute approximate surface area is 129 Å². The molecular formula is C16H19N5O. The van der Waals surface area contributed by atoms with E-state index in [0.29, 0.717) is 12.4 Å². The van der Waals surface area contributed by atoms with E-state index in [2.05, 4.69) is 10.3 Å². The predicted molar refractivity (Wildman–Crippen MR) is 85.9 cm³/mol. The summed E-state index contributed by atoms with van der Waals surface area (Å²) in [5.74, 6) is 0.588. The zero-order valence-corrected chi connectivity index (χ0v) is 12.9. The van der Waals surface area contributed by atoms with Gasteiger partial charge in [0.05, 0.1) is 0 Å². The summed E-state index contributed by atoms with van der Waals surface area (Å²) in [6, 6.07) is 7.71. The van der Waals surface area contributed by atoms with Gasteiger partial charge >= 0.3 is 0 Å². The first kappa shape index (κ1) is 14.3. The summed E-state index contributed by atoms with van der Waals surface area (Å²) < 4.78 is 1.95. The van der Waals surface area contributed by atoms with Gasteiger partial charge in [-0.3, -0.25) is 9.80 Å². The van der Waals surface area contributed by atoms with Crippen molar-refractivity contribution in [3.8, 4) is 0 Å². The Balaban J connectivity index is 1.77. The van der Waals surface area contributed by atoms with Gasteiger partial charge in [-0.1, -0.05) is 12.1 Å². The summed E-state index contributed by atoms with van der Waals surface area (Å²) in [6.07, 6.45) is 5.62. The number of imidazole rings is 1. The Kier molecular flexibility index (Phi) is 3.68. The van der Waals surface area contributed by atoms with Crippen LogP contribution < -0.4 is 5.32 Å². The number of nitrogens with zero attached hydrogens (tertiary/aromatic N) is 4. The molecule has 1 aliphatic rings. The zero-order valence-electron chi connectivity index (χ0n) is 12.9. The van der Waals surface area contributed by atoms with E-state index >= 15 is 0 Å². The number of aryl methyl sites for hydroxylation is 1. The number of hydrogen-bond acceptors (Lipinski definition) is 4. The Hall–Kier alpha value is -2.60. The normalized spacial score (nSPS) is 13.4. The van der Waals surface area contributed by atoms with Crippen molar-refractivity contribution in [1.29, 1.82) is 0 Å². The number of hydrazine groups is 1. The fourth-order valence-electron chi connectivity index (χ4n) is 2.32. The van der Waals surface area contributed by atoms with Gasteiger partial charge < -0.3 is 9.88 Å². The largest absolute Gasteiger partial charge is 0.321 e. The lowest BCUT2D eigenvalue weighted by molar-refractivity contribution is 0.0466. The van der Waals surface area contributed by atoms with Gasteiger partial charge in [-0.2, -0.15) is 0 Å². The lowest BCUT2D eigenvalue weighted by Gasteiger charge is -2.30. The fraction of sp³-hybridized carbons (Fsp3) is 0.250. The Morgan fingerprint density at radius 3 is 2.91 bits per heavy atom. The van der Waals surface area contributed by atoms with E-state index < -0.39 is 0 Å². The highest BCUT2D eigenvalue weighted by Gasteiger charge is 2.17. The number of carbonyl (C=O) groups excluding carboxylic acids is 1. The minimum absolute atomic E-state index is 0.197. The molecule has 0 radical (unpaired) electrons. The molecule has 0 unspecified atom stereocenters. The van der Waals surface area contributed by atoms with Crippen LogP contribution >= 0.6 is 0 Å². The lowest BCUT2D eigenvalue weighted by Crippen LogP contribution is -2.35. The van der Waals surface area contributed by atoms with Crippen molar-refractivity contribution < 1.29 is 4.79 Å². The number of carbonyl (C=O) groups is 1. The van der Waals surface area contributed by atoms with Gasteiger partial charge in [0, 0.05) is 32.2 Å². The van der Waals surface area contributed by atoms with Crippen molar-refractivity contribution in [2.75, 3.05) is 19.4 Å². The van der Waals surface area contributed by atoms with Crippen LogP contribution in [0.4, 0.5) is 5.69 Å². The third kappa shape index (κ3) is 2.87. The van der Waals surface area contributed by atoms with Crippen LogP contribution in [0.1, 0.15) is 21.9 Å². The van der Waals surface area contributed by atoms with E-state index in [0.717, 1.165) is 17.1 Å². The van der Waals surface area contributed by atoms with Gasteiger partial charge in [-0.15, -0.1) is 0 Å². The van der Waals surface area contributed by atoms with Crippen molar-refractivity contribution in [1.82, 2.24) is 19.6 Å². The molecule has 0 saturated heterocycles. The van der Waals surface area contributed by atoms with Crippen molar-refractivity contribution in [2.45, 2.75) is 13.6 Å². The molecule has 6 nitrogen and oxygen atoms in total. The van der Waals surface area contributed by atoms with Crippen LogP contribution in [0.15, 0.2) is 36.7 Å². The van der Waals surface area contributed by atoms with E-state index in [9.17, 15) is 4.79 Å². The minimum atomic E-state index is -0.197. The van der Waals surface area contributed by atoms with Gasteiger partial charge in [0.25, 0.3) is 5.91 Å². The molecular weight excluding hydrogens is 278 g/mol. The van der Waals surface area contributed by atoms with E-state index in [1.807, 2.05) is 72.1 Å². The third-order valence-electron chi connectivity index (χ3n) is 3.52. The molecule has 0 saturated carbocycles. The van der Waals surface area contributed by atoms with Crippen LogP contribution in [0.2, 0.25) is 0 Å². The second kappa shape index (κ2) is 5.65. The summed E-state index contributed by atoms with van der Waals surface area (Å²) in [5, 5.41) is 6.88. The standard InChI is InChI=1S/C16H19N5O/c1-12-5-4-6-13(9-12)17-16(22)14-10-20-11-21(19(2)3)8-7-15(20)18-14/h4-10H,11H2,1-3H3,(H,17,22). The molecule has 6 heteroatoms. The Bertz CT molecular complexity index is 732. The molecule has 0 fully saturated rings. The number of fused-ring (bicyclic) bond motifs is 1.